The molecule has 0 saturated carbocycles. The number of anilines is 2. The van der Waals surface area contributed by atoms with Crippen molar-refractivity contribution in [2.45, 2.75) is 6.92 Å². The largest absolute Gasteiger partial charge is 0.423 e. The molecule has 26 heavy (non-hydrogen) atoms. The van der Waals surface area contributed by atoms with E-state index in [1.54, 1.807) is 49.4 Å². The van der Waals surface area contributed by atoms with Gasteiger partial charge in [-0.2, -0.15) is 0 Å². The Morgan fingerprint density at radius 2 is 1.77 bits per heavy atom. The number of halogens is 1. The number of rotatable bonds is 4. The lowest BCUT2D eigenvalue weighted by Crippen LogP contribution is -2.35. The highest BCUT2D eigenvalue weighted by Crippen LogP contribution is 2.29. The lowest BCUT2D eigenvalue weighted by atomic mass is 9.94. The normalized spacial score (nSPS) is 11.0. The summed E-state index contributed by atoms with van der Waals surface area (Å²) in [5.74, 6) is 0.0480. The van der Waals surface area contributed by atoms with Gasteiger partial charge in [-0.1, -0.05) is 30.3 Å². The fourth-order valence-corrected chi connectivity index (χ4v) is 2.82. The molecule has 0 aliphatic rings. The van der Waals surface area contributed by atoms with E-state index >= 15 is 0 Å². The van der Waals surface area contributed by atoms with E-state index in [9.17, 15) is 14.0 Å². The molecule has 0 amide bonds. The van der Waals surface area contributed by atoms with Crippen LogP contribution in [0, 0.1) is 12.7 Å². The third kappa shape index (κ3) is 2.61. The van der Waals surface area contributed by atoms with Crippen LogP contribution in [0.25, 0.3) is 22.5 Å². The molecule has 0 atom stereocenters. The number of hydrogen-bond donors (Lipinski definition) is 1. The summed E-state index contributed by atoms with van der Waals surface area (Å²) in [4.78, 5) is 27.3. The zero-order valence-electron chi connectivity index (χ0n) is 13.7. The predicted octanol–water partition coefficient (Wildman–Crippen LogP) is 3.80. The molecule has 0 aliphatic heterocycles. The molecule has 6 heteroatoms. The molecular weight excluding hydrogens is 335 g/mol. The van der Waals surface area contributed by atoms with E-state index in [1.165, 1.54) is 12.3 Å². The molecule has 4 aromatic rings. The van der Waals surface area contributed by atoms with Crippen molar-refractivity contribution in [3.05, 3.63) is 86.6 Å². The summed E-state index contributed by atoms with van der Waals surface area (Å²) in [6.45, 7) is 1.64. The summed E-state index contributed by atoms with van der Waals surface area (Å²) in [5.41, 5.74) is 1.59. The van der Waals surface area contributed by atoms with Crippen LogP contribution in [0.15, 0.2) is 68.7 Å². The highest BCUT2D eigenvalue weighted by atomic mass is 19.1. The van der Waals surface area contributed by atoms with Gasteiger partial charge in [-0.15, -0.1) is 0 Å². The summed E-state index contributed by atoms with van der Waals surface area (Å²) in [5, 5.41) is 2.78. The Hall–Kier alpha value is -3.54. The first-order valence-corrected chi connectivity index (χ1v) is 7.92. The maximum atomic E-state index is 13.7. The number of nitrogens with one attached hydrogen (secondary N) is 1. The molecular formula is C20H13FN2O3. The van der Waals surface area contributed by atoms with Crippen molar-refractivity contribution >= 4 is 11.7 Å². The van der Waals surface area contributed by atoms with Crippen LogP contribution < -0.4 is 16.2 Å². The summed E-state index contributed by atoms with van der Waals surface area (Å²) < 4.78 is 19.3. The van der Waals surface area contributed by atoms with Gasteiger partial charge >= 0.3 is 0 Å². The predicted molar refractivity (Wildman–Crippen MR) is 96.7 cm³/mol. The maximum Gasteiger partial charge on any atom is 0.299 e. The van der Waals surface area contributed by atoms with Gasteiger partial charge in [0.15, 0.2) is 5.76 Å². The first kappa shape index (κ1) is 16.0. The van der Waals surface area contributed by atoms with Crippen molar-refractivity contribution in [1.29, 1.82) is 0 Å². The molecule has 0 saturated heterocycles. The second kappa shape index (κ2) is 6.07. The Kier molecular flexibility index (Phi) is 3.73. The number of para-hydroxylation sites is 1. The van der Waals surface area contributed by atoms with Crippen molar-refractivity contribution in [3.8, 4) is 22.5 Å². The molecule has 4 rings (SSSR count). The highest BCUT2D eigenvalue weighted by Gasteiger charge is 2.19. The molecule has 0 unspecified atom stereocenters. The molecule has 5 nitrogen and oxygen atoms in total. The van der Waals surface area contributed by atoms with E-state index < -0.39 is 16.7 Å². The number of hydrogen-bond acceptors (Lipinski definition) is 5. The zero-order chi connectivity index (χ0) is 18.3. The smallest absolute Gasteiger partial charge is 0.299 e. The van der Waals surface area contributed by atoms with Gasteiger partial charge in [-0.05, 0) is 30.7 Å². The van der Waals surface area contributed by atoms with E-state index in [0.29, 0.717) is 28.0 Å². The van der Waals surface area contributed by atoms with Gasteiger partial charge in [0, 0.05) is 16.7 Å². The van der Waals surface area contributed by atoms with Gasteiger partial charge < -0.3 is 9.73 Å². The Morgan fingerprint density at radius 3 is 2.54 bits per heavy atom. The van der Waals surface area contributed by atoms with E-state index in [1.807, 2.05) is 0 Å². The Labute approximate surface area is 147 Å². The van der Waals surface area contributed by atoms with Gasteiger partial charge in [-0.3, -0.25) is 9.59 Å². The second-order valence-electron chi connectivity index (χ2n) is 5.87. The zero-order valence-corrected chi connectivity index (χ0v) is 13.7. The quantitative estimate of drug-likeness (QED) is 0.568. The summed E-state index contributed by atoms with van der Waals surface area (Å²) >= 11 is 0. The van der Waals surface area contributed by atoms with Crippen LogP contribution >= 0.6 is 0 Å². The second-order valence-corrected chi connectivity index (χ2v) is 5.87. The molecule has 1 heterocycles. The summed E-state index contributed by atoms with van der Waals surface area (Å²) in [6.07, 6.45) is 1.51. The van der Waals surface area contributed by atoms with Gasteiger partial charge in [0.05, 0.1) is 11.9 Å². The van der Waals surface area contributed by atoms with Crippen LogP contribution in [0.5, 0.6) is 0 Å². The molecule has 1 N–H and O–H groups in total. The van der Waals surface area contributed by atoms with Crippen LogP contribution in [0.1, 0.15) is 5.56 Å². The number of benzene rings is 2. The number of nitrogens with zero attached hydrogens (tertiary/aromatic N) is 1. The van der Waals surface area contributed by atoms with E-state index in [0.717, 1.165) is 0 Å². The van der Waals surface area contributed by atoms with Crippen LogP contribution in [0.2, 0.25) is 0 Å². The molecule has 0 aliphatic carbocycles. The Morgan fingerprint density at radius 1 is 1.00 bits per heavy atom. The first-order valence-electron chi connectivity index (χ1n) is 7.92. The molecule has 0 spiro atoms. The van der Waals surface area contributed by atoms with Crippen LogP contribution in [0.4, 0.5) is 16.1 Å². The molecule has 128 valence electrons. The minimum absolute atomic E-state index is 0.154. The summed E-state index contributed by atoms with van der Waals surface area (Å²) in [7, 11) is 0. The lowest BCUT2D eigenvalue weighted by molar-refractivity contribution is 0.587. The highest BCUT2D eigenvalue weighted by molar-refractivity contribution is 5.75. The van der Waals surface area contributed by atoms with E-state index in [2.05, 4.69) is 10.3 Å². The maximum absolute atomic E-state index is 13.7. The van der Waals surface area contributed by atoms with Crippen molar-refractivity contribution < 1.29 is 8.81 Å². The minimum atomic E-state index is -0.473. The lowest BCUT2D eigenvalue weighted by Gasteiger charge is -2.08. The van der Waals surface area contributed by atoms with E-state index in [4.69, 9.17) is 4.42 Å². The van der Waals surface area contributed by atoms with Crippen LogP contribution in [-0.4, -0.2) is 4.98 Å². The Bertz CT molecular complexity index is 1190. The van der Waals surface area contributed by atoms with Gasteiger partial charge in [0.2, 0.25) is 10.9 Å². The molecule has 3 aromatic carbocycles. The first-order chi connectivity index (χ1) is 12.5. The van der Waals surface area contributed by atoms with Crippen LogP contribution in [0.3, 0.4) is 0 Å². The van der Waals surface area contributed by atoms with Crippen molar-refractivity contribution in [1.82, 2.24) is 4.98 Å². The molecule has 0 fully saturated rings. The van der Waals surface area contributed by atoms with Crippen molar-refractivity contribution in [2.75, 3.05) is 5.32 Å². The van der Waals surface area contributed by atoms with Crippen molar-refractivity contribution in [2.24, 2.45) is 0 Å². The van der Waals surface area contributed by atoms with Gasteiger partial charge in [0.1, 0.15) is 5.82 Å². The van der Waals surface area contributed by atoms with Gasteiger partial charge in [-0.25, -0.2) is 9.37 Å². The average Bonchev–Trinajstić information content (AvgIpc) is 3.12. The molecule has 1 aromatic heterocycles. The molecule has 0 radical (unpaired) electrons. The number of aromatic nitrogens is 1. The topological polar surface area (TPSA) is 72.2 Å². The monoisotopic (exact) mass is 348 g/mol. The van der Waals surface area contributed by atoms with Crippen LogP contribution in [-0.2, 0) is 0 Å². The Balaban J connectivity index is 1.64. The summed E-state index contributed by atoms with van der Waals surface area (Å²) in [6, 6.07) is 13.5. The fourth-order valence-electron chi connectivity index (χ4n) is 2.82. The minimum Gasteiger partial charge on any atom is -0.423 e. The van der Waals surface area contributed by atoms with E-state index in [-0.39, 0.29) is 11.7 Å². The average molecular weight is 348 g/mol. The van der Waals surface area contributed by atoms with Gasteiger partial charge in [0.25, 0.3) is 6.01 Å². The molecule has 0 bridgehead atoms. The SMILES string of the molecule is Cc1c(-c2cccc(-c3cnc(Nc4ccccc4F)o3)c2)c(=O)c1=O. The number of oxazole rings is 1. The third-order valence-electron chi connectivity index (χ3n) is 4.21. The third-order valence-corrected chi connectivity index (χ3v) is 4.21. The fraction of sp³-hybridized carbons (Fsp3) is 0.0500. The standard InChI is InChI=1S/C20H13FN2O3/c1-11-17(19(25)18(11)24)13-6-4-5-12(9-13)16-10-22-20(26-16)23-15-8-3-2-7-14(15)21/h2-10H,1H3,(H,22,23). The van der Waals surface area contributed by atoms with Crippen molar-refractivity contribution in [3.63, 3.8) is 0 Å².